The Hall–Kier alpha value is -2.80. The van der Waals surface area contributed by atoms with Gasteiger partial charge in [0.2, 0.25) is 5.91 Å². The number of halogens is 1. The molecule has 0 spiro atoms. The normalized spacial score (nSPS) is 12.0. The predicted molar refractivity (Wildman–Crippen MR) is 89.1 cm³/mol. The maximum absolute atomic E-state index is 13.2. The number of amides is 1. The minimum absolute atomic E-state index is 0.0893. The van der Waals surface area contributed by atoms with Gasteiger partial charge in [0.05, 0.1) is 11.0 Å². The van der Waals surface area contributed by atoms with Crippen LogP contribution in [0.1, 0.15) is 12.5 Å². The molecule has 126 valence electrons. The average molecular weight is 331 g/mol. The average Bonchev–Trinajstić information content (AvgIpc) is 2.54. The highest BCUT2D eigenvalue weighted by molar-refractivity contribution is 5.94. The van der Waals surface area contributed by atoms with E-state index in [1.165, 1.54) is 30.3 Å². The Bertz CT molecular complexity index is 751. The summed E-state index contributed by atoms with van der Waals surface area (Å²) in [5.74, 6) is -0.621. The van der Waals surface area contributed by atoms with Gasteiger partial charge in [-0.1, -0.05) is 18.2 Å². The van der Waals surface area contributed by atoms with Crippen molar-refractivity contribution in [3.63, 3.8) is 0 Å². The van der Waals surface area contributed by atoms with Crippen molar-refractivity contribution in [2.24, 2.45) is 0 Å². The van der Waals surface area contributed by atoms with E-state index in [-0.39, 0.29) is 17.4 Å². The summed E-state index contributed by atoms with van der Waals surface area (Å²) in [4.78, 5) is 24.3. The quantitative estimate of drug-likeness (QED) is 0.651. The summed E-state index contributed by atoms with van der Waals surface area (Å²) >= 11 is 0. The Morgan fingerprint density at radius 3 is 2.67 bits per heavy atom. The van der Waals surface area contributed by atoms with Gasteiger partial charge in [-0.2, -0.15) is 0 Å². The second-order valence-electron chi connectivity index (χ2n) is 5.52. The number of nitro benzene ring substituents is 1. The molecule has 2 aromatic rings. The number of carbonyl (C=O) groups is 1. The highest BCUT2D eigenvalue weighted by Gasteiger charge is 2.19. The molecule has 0 aromatic heterocycles. The first-order valence-electron chi connectivity index (χ1n) is 7.37. The monoisotopic (exact) mass is 331 g/mol. The fourth-order valence-electron chi connectivity index (χ4n) is 2.20. The van der Waals surface area contributed by atoms with Gasteiger partial charge in [-0.3, -0.25) is 19.8 Å². The number of hydrogen-bond donors (Lipinski definition) is 1. The van der Waals surface area contributed by atoms with Crippen LogP contribution in [0.15, 0.2) is 48.5 Å². The summed E-state index contributed by atoms with van der Waals surface area (Å²) in [6.45, 7) is 2.12. The lowest BCUT2D eigenvalue weighted by molar-refractivity contribution is -0.384. The maximum Gasteiger partial charge on any atom is 0.271 e. The van der Waals surface area contributed by atoms with E-state index in [0.29, 0.717) is 12.2 Å². The number of carbonyl (C=O) groups excluding carboxylic acids is 1. The van der Waals surface area contributed by atoms with Gasteiger partial charge in [0, 0.05) is 24.4 Å². The smallest absolute Gasteiger partial charge is 0.271 e. The van der Waals surface area contributed by atoms with Crippen LogP contribution in [0.2, 0.25) is 0 Å². The number of nitrogens with one attached hydrogen (secondary N) is 1. The molecule has 1 amide bonds. The number of nitrogens with zero attached hydrogens (tertiary/aromatic N) is 2. The minimum atomic E-state index is -0.519. The number of non-ortho nitro benzene ring substituents is 1. The molecule has 0 aliphatic rings. The first-order chi connectivity index (χ1) is 11.4. The molecule has 1 unspecified atom stereocenters. The summed E-state index contributed by atoms with van der Waals surface area (Å²) < 4.78 is 13.2. The number of hydrogen-bond acceptors (Lipinski definition) is 4. The first kappa shape index (κ1) is 17.6. The third kappa shape index (κ3) is 4.60. The Labute approximate surface area is 139 Å². The van der Waals surface area contributed by atoms with Crippen LogP contribution in [0.25, 0.3) is 0 Å². The van der Waals surface area contributed by atoms with Gasteiger partial charge in [0.25, 0.3) is 5.69 Å². The topological polar surface area (TPSA) is 75.5 Å². The molecule has 0 saturated carbocycles. The van der Waals surface area contributed by atoms with Crippen molar-refractivity contribution in [1.29, 1.82) is 0 Å². The molecule has 2 aromatic carbocycles. The second kappa shape index (κ2) is 7.65. The van der Waals surface area contributed by atoms with Gasteiger partial charge in [0.15, 0.2) is 0 Å². The Kier molecular flexibility index (Phi) is 5.59. The van der Waals surface area contributed by atoms with E-state index in [1.54, 1.807) is 37.1 Å². The summed E-state index contributed by atoms with van der Waals surface area (Å²) in [7, 11) is 1.75. The zero-order chi connectivity index (χ0) is 17.7. The lowest BCUT2D eigenvalue weighted by Gasteiger charge is -2.24. The second-order valence-corrected chi connectivity index (χ2v) is 5.52. The molecule has 0 aliphatic heterocycles. The van der Waals surface area contributed by atoms with Crippen molar-refractivity contribution >= 4 is 17.3 Å². The zero-order valence-electron chi connectivity index (χ0n) is 13.4. The van der Waals surface area contributed by atoms with Crippen LogP contribution in [0.4, 0.5) is 15.8 Å². The van der Waals surface area contributed by atoms with Crippen LogP contribution >= 0.6 is 0 Å². The zero-order valence-corrected chi connectivity index (χ0v) is 13.4. The van der Waals surface area contributed by atoms with Gasteiger partial charge in [0.1, 0.15) is 5.82 Å². The number of benzene rings is 2. The fourth-order valence-corrected chi connectivity index (χ4v) is 2.20. The van der Waals surface area contributed by atoms with Crippen molar-refractivity contribution < 1.29 is 14.1 Å². The number of rotatable bonds is 6. The van der Waals surface area contributed by atoms with Crippen LogP contribution in [0, 0.1) is 15.9 Å². The van der Waals surface area contributed by atoms with Gasteiger partial charge >= 0.3 is 0 Å². The van der Waals surface area contributed by atoms with Crippen LogP contribution in [0.3, 0.4) is 0 Å². The third-order valence-electron chi connectivity index (χ3n) is 3.69. The Balaban J connectivity index is 2.00. The lowest BCUT2D eigenvalue weighted by atomic mass is 10.1. The van der Waals surface area contributed by atoms with E-state index in [0.717, 1.165) is 5.56 Å². The molecule has 0 aliphatic carbocycles. The highest BCUT2D eigenvalue weighted by Crippen LogP contribution is 2.18. The first-order valence-corrected chi connectivity index (χ1v) is 7.37. The molecule has 0 radical (unpaired) electrons. The van der Waals surface area contributed by atoms with Crippen LogP contribution < -0.4 is 5.32 Å². The van der Waals surface area contributed by atoms with Gasteiger partial charge in [-0.05, 0) is 37.7 Å². The van der Waals surface area contributed by atoms with Crippen LogP contribution in [-0.2, 0) is 11.3 Å². The fraction of sp³-hybridized carbons (Fsp3) is 0.235. The van der Waals surface area contributed by atoms with Crippen molar-refractivity contribution in [3.05, 3.63) is 70.0 Å². The van der Waals surface area contributed by atoms with Gasteiger partial charge in [-0.15, -0.1) is 0 Å². The van der Waals surface area contributed by atoms with E-state index in [4.69, 9.17) is 0 Å². The summed E-state index contributed by atoms with van der Waals surface area (Å²) in [6.07, 6.45) is 0. The highest BCUT2D eigenvalue weighted by atomic mass is 19.1. The SMILES string of the molecule is CC(C(=O)Nc1cccc([N+](=O)[O-])c1)N(C)Cc1cccc(F)c1. The number of anilines is 1. The molecule has 0 bridgehead atoms. The molecule has 6 nitrogen and oxygen atoms in total. The van der Waals surface area contributed by atoms with Crippen LogP contribution in [0.5, 0.6) is 0 Å². The molecule has 24 heavy (non-hydrogen) atoms. The molecular formula is C17H18FN3O3. The van der Waals surface area contributed by atoms with E-state index >= 15 is 0 Å². The largest absolute Gasteiger partial charge is 0.324 e. The third-order valence-corrected chi connectivity index (χ3v) is 3.69. The summed E-state index contributed by atoms with van der Waals surface area (Å²) in [5.41, 5.74) is 1.03. The number of nitro groups is 1. The van der Waals surface area contributed by atoms with Crippen molar-refractivity contribution in [2.75, 3.05) is 12.4 Å². The lowest BCUT2D eigenvalue weighted by Crippen LogP contribution is -2.39. The summed E-state index contributed by atoms with van der Waals surface area (Å²) in [6, 6.07) is 11.4. The molecule has 1 N–H and O–H groups in total. The maximum atomic E-state index is 13.2. The molecule has 2 rings (SSSR count). The van der Waals surface area contributed by atoms with Crippen LogP contribution in [-0.4, -0.2) is 28.8 Å². The molecule has 0 fully saturated rings. The predicted octanol–water partition coefficient (Wildman–Crippen LogP) is 3.19. The standard InChI is InChI=1S/C17H18FN3O3/c1-12(20(2)11-13-5-3-6-14(18)9-13)17(22)19-15-7-4-8-16(10-15)21(23)24/h3-10,12H,11H2,1-2H3,(H,19,22). The van der Waals surface area contributed by atoms with Gasteiger partial charge in [-0.25, -0.2) is 4.39 Å². The van der Waals surface area contributed by atoms with E-state index < -0.39 is 11.0 Å². The van der Waals surface area contributed by atoms with Crippen molar-refractivity contribution in [1.82, 2.24) is 4.90 Å². The molecule has 0 saturated heterocycles. The molecule has 1 atom stereocenters. The Morgan fingerprint density at radius 2 is 2.00 bits per heavy atom. The van der Waals surface area contributed by atoms with E-state index in [2.05, 4.69) is 5.32 Å². The molecule has 7 heteroatoms. The summed E-state index contributed by atoms with van der Waals surface area (Å²) in [5, 5.41) is 13.4. The van der Waals surface area contributed by atoms with E-state index in [1.807, 2.05) is 0 Å². The Morgan fingerprint density at radius 1 is 1.29 bits per heavy atom. The van der Waals surface area contributed by atoms with Gasteiger partial charge < -0.3 is 5.32 Å². The molecular weight excluding hydrogens is 313 g/mol. The molecule has 0 heterocycles. The minimum Gasteiger partial charge on any atom is -0.324 e. The van der Waals surface area contributed by atoms with Crippen molar-refractivity contribution in [2.45, 2.75) is 19.5 Å². The van der Waals surface area contributed by atoms with E-state index in [9.17, 15) is 19.3 Å². The number of likely N-dealkylation sites (N-methyl/N-ethyl adjacent to an activating group) is 1. The van der Waals surface area contributed by atoms with Crippen molar-refractivity contribution in [3.8, 4) is 0 Å².